The SMILES string of the molecule is C[C@H]1c2[nH]c3ccc(Br)cc3c2C[C@@H]2C(=O)N(C)C(=S)N21. The van der Waals surface area contributed by atoms with Crippen LogP contribution >= 0.6 is 28.1 Å². The Bertz CT molecular complexity index is 800. The van der Waals surface area contributed by atoms with Crippen molar-refractivity contribution in [2.24, 2.45) is 0 Å². The zero-order valence-electron chi connectivity index (χ0n) is 11.7. The summed E-state index contributed by atoms with van der Waals surface area (Å²) in [5.41, 5.74) is 3.53. The predicted octanol–water partition coefficient (Wildman–Crippen LogP) is 2.98. The van der Waals surface area contributed by atoms with Crippen LogP contribution in [0.4, 0.5) is 0 Å². The summed E-state index contributed by atoms with van der Waals surface area (Å²) in [6.45, 7) is 2.11. The van der Waals surface area contributed by atoms with Gasteiger partial charge in [0.25, 0.3) is 5.91 Å². The first-order valence-electron chi connectivity index (χ1n) is 6.89. The minimum absolute atomic E-state index is 0.0892. The lowest BCUT2D eigenvalue weighted by molar-refractivity contribution is -0.127. The first-order valence-corrected chi connectivity index (χ1v) is 8.09. The van der Waals surface area contributed by atoms with Gasteiger partial charge in [0.05, 0.1) is 6.04 Å². The fourth-order valence-corrected chi connectivity index (χ4v) is 4.25. The maximum absolute atomic E-state index is 12.4. The highest BCUT2D eigenvalue weighted by Gasteiger charge is 2.47. The number of halogens is 1. The molecule has 2 aliphatic heterocycles. The molecule has 0 unspecified atom stereocenters. The van der Waals surface area contributed by atoms with Crippen molar-refractivity contribution in [3.63, 3.8) is 0 Å². The van der Waals surface area contributed by atoms with Crippen LogP contribution in [-0.2, 0) is 11.2 Å². The minimum atomic E-state index is -0.164. The Labute approximate surface area is 136 Å². The molecule has 0 bridgehead atoms. The van der Waals surface area contributed by atoms with E-state index in [9.17, 15) is 4.79 Å². The molecule has 3 heterocycles. The van der Waals surface area contributed by atoms with Crippen molar-refractivity contribution < 1.29 is 4.79 Å². The van der Waals surface area contributed by atoms with Gasteiger partial charge in [-0.25, -0.2) is 0 Å². The van der Waals surface area contributed by atoms with Crippen LogP contribution in [0.15, 0.2) is 22.7 Å². The topological polar surface area (TPSA) is 39.3 Å². The third kappa shape index (κ3) is 1.66. The second-order valence-electron chi connectivity index (χ2n) is 5.69. The maximum atomic E-state index is 12.4. The monoisotopic (exact) mass is 363 g/mol. The van der Waals surface area contributed by atoms with Gasteiger partial charge in [-0.15, -0.1) is 0 Å². The summed E-state index contributed by atoms with van der Waals surface area (Å²) < 4.78 is 1.05. The molecule has 0 aliphatic carbocycles. The number of amides is 1. The van der Waals surface area contributed by atoms with Gasteiger partial charge >= 0.3 is 0 Å². The van der Waals surface area contributed by atoms with Gasteiger partial charge < -0.3 is 9.88 Å². The summed E-state index contributed by atoms with van der Waals surface area (Å²) in [6.07, 6.45) is 0.708. The largest absolute Gasteiger partial charge is 0.356 e. The minimum Gasteiger partial charge on any atom is -0.356 e. The molecule has 1 saturated heterocycles. The molecule has 2 aromatic rings. The van der Waals surface area contributed by atoms with Crippen LogP contribution in [0.3, 0.4) is 0 Å². The summed E-state index contributed by atoms with van der Waals surface area (Å²) in [5, 5.41) is 1.82. The number of aromatic nitrogens is 1. The van der Waals surface area contributed by atoms with Crippen molar-refractivity contribution >= 4 is 50.1 Å². The van der Waals surface area contributed by atoms with Gasteiger partial charge in [-0.05, 0) is 42.9 Å². The predicted molar refractivity (Wildman–Crippen MR) is 89.1 cm³/mol. The smallest absolute Gasteiger partial charge is 0.251 e. The molecule has 2 atom stereocenters. The fourth-order valence-electron chi connectivity index (χ4n) is 3.51. The van der Waals surface area contributed by atoms with Crippen molar-refractivity contribution in [2.75, 3.05) is 7.05 Å². The van der Waals surface area contributed by atoms with E-state index in [1.807, 2.05) is 6.07 Å². The number of carbonyl (C=O) groups is 1. The standard InChI is InChI=1S/C15H14BrN3OS/c1-7-13-10(9-5-8(16)3-4-11(9)17-13)6-12-14(20)18(2)15(21)19(7)12/h3-5,7,12,17H,6H2,1-2H3/t7-,12+/m0/s1. The molecule has 0 spiro atoms. The van der Waals surface area contributed by atoms with Crippen LogP contribution in [-0.4, -0.2) is 38.9 Å². The van der Waals surface area contributed by atoms with E-state index in [-0.39, 0.29) is 18.0 Å². The van der Waals surface area contributed by atoms with E-state index in [2.05, 4.69) is 44.9 Å². The lowest BCUT2D eigenvalue weighted by atomic mass is 9.93. The summed E-state index contributed by atoms with van der Waals surface area (Å²) in [6, 6.07) is 6.14. The normalized spacial score (nSPS) is 24.7. The van der Waals surface area contributed by atoms with E-state index in [0.29, 0.717) is 11.5 Å². The van der Waals surface area contributed by atoms with Gasteiger partial charge in [0, 0.05) is 34.5 Å². The van der Waals surface area contributed by atoms with Gasteiger partial charge in [0.1, 0.15) is 6.04 Å². The zero-order chi connectivity index (χ0) is 14.9. The van der Waals surface area contributed by atoms with Crippen molar-refractivity contribution in [3.05, 3.63) is 33.9 Å². The highest BCUT2D eigenvalue weighted by atomic mass is 79.9. The fraction of sp³-hybridized carbons (Fsp3) is 0.333. The van der Waals surface area contributed by atoms with Gasteiger partial charge in [0.2, 0.25) is 0 Å². The molecule has 21 heavy (non-hydrogen) atoms. The number of benzene rings is 1. The molecule has 4 rings (SSSR count). The lowest BCUT2D eigenvalue weighted by Gasteiger charge is -2.34. The number of hydrogen-bond donors (Lipinski definition) is 1. The van der Waals surface area contributed by atoms with E-state index >= 15 is 0 Å². The quantitative estimate of drug-likeness (QED) is 0.731. The first kappa shape index (κ1) is 13.3. The second-order valence-corrected chi connectivity index (χ2v) is 6.97. The second kappa shape index (κ2) is 4.30. The summed E-state index contributed by atoms with van der Waals surface area (Å²) in [4.78, 5) is 19.6. The molecule has 108 valence electrons. The van der Waals surface area contributed by atoms with Crippen LogP contribution in [0.1, 0.15) is 24.2 Å². The number of aromatic amines is 1. The number of H-pyrrole nitrogens is 1. The third-order valence-electron chi connectivity index (χ3n) is 4.59. The van der Waals surface area contributed by atoms with E-state index in [0.717, 1.165) is 9.99 Å². The van der Waals surface area contributed by atoms with Crippen molar-refractivity contribution in [3.8, 4) is 0 Å². The Balaban J connectivity index is 1.92. The molecule has 2 aliphatic rings. The van der Waals surface area contributed by atoms with Crippen LogP contribution < -0.4 is 0 Å². The highest BCUT2D eigenvalue weighted by molar-refractivity contribution is 9.10. The Morgan fingerprint density at radius 3 is 2.95 bits per heavy atom. The van der Waals surface area contributed by atoms with Crippen molar-refractivity contribution in [1.82, 2.24) is 14.8 Å². The lowest BCUT2D eigenvalue weighted by Crippen LogP contribution is -2.42. The van der Waals surface area contributed by atoms with Gasteiger partial charge in [-0.1, -0.05) is 15.9 Å². The third-order valence-corrected chi connectivity index (χ3v) is 5.57. The van der Waals surface area contributed by atoms with Crippen LogP contribution in [0.2, 0.25) is 0 Å². The zero-order valence-corrected chi connectivity index (χ0v) is 14.1. The molecule has 1 aromatic heterocycles. The first-order chi connectivity index (χ1) is 9.99. The number of thiocarbonyl (C=S) groups is 1. The van der Waals surface area contributed by atoms with E-state index < -0.39 is 0 Å². The highest BCUT2D eigenvalue weighted by Crippen LogP contribution is 2.40. The molecule has 1 amide bonds. The van der Waals surface area contributed by atoms with Crippen LogP contribution in [0, 0.1) is 0 Å². The Morgan fingerprint density at radius 1 is 1.43 bits per heavy atom. The molecule has 1 fully saturated rings. The van der Waals surface area contributed by atoms with E-state index in [4.69, 9.17) is 12.2 Å². The van der Waals surface area contributed by atoms with E-state index in [1.165, 1.54) is 16.6 Å². The Hall–Kier alpha value is -1.40. The van der Waals surface area contributed by atoms with Crippen LogP contribution in [0.5, 0.6) is 0 Å². The van der Waals surface area contributed by atoms with Crippen molar-refractivity contribution in [2.45, 2.75) is 25.4 Å². The van der Waals surface area contributed by atoms with Gasteiger partial charge in [-0.2, -0.15) is 0 Å². The average Bonchev–Trinajstić information content (AvgIpc) is 2.92. The molecule has 6 heteroatoms. The number of likely N-dealkylation sites (N-methyl/N-ethyl adjacent to an activating group) is 1. The molecule has 4 nitrogen and oxygen atoms in total. The van der Waals surface area contributed by atoms with Crippen LogP contribution in [0.25, 0.3) is 10.9 Å². The molecule has 1 N–H and O–H groups in total. The number of rotatable bonds is 0. The van der Waals surface area contributed by atoms with E-state index in [1.54, 1.807) is 11.9 Å². The molecular weight excluding hydrogens is 350 g/mol. The summed E-state index contributed by atoms with van der Waals surface area (Å²) in [5.74, 6) is 0.0989. The molecular formula is C15H14BrN3OS. The number of carbonyl (C=O) groups excluding carboxylic acids is 1. The van der Waals surface area contributed by atoms with Gasteiger partial charge in [-0.3, -0.25) is 9.69 Å². The Morgan fingerprint density at radius 2 is 2.19 bits per heavy atom. The molecule has 0 saturated carbocycles. The number of fused-ring (bicyclic) bond motifs is 4. The number of nitrogens with one attached hydrogen (secondary N) is 1. The Kier molecular flexibility index (Phi) is 2.72. The molecule has 1 aromatic carbocycles. The average molecular weight is 364 g/mol. The number of nitrogens with zero attached hydrogens (tertiary/aromatic N) is 2. The maximum Gasteiger partial charge on any atom is 0.251 e. The molecule has 0 radical (unpaired) electrons. The van der Waals surface area contributed by atoms with Crippen molar-refractivity contribution in [1.29, 1.82) is 0 Å². The number of hydrogen-bond acceptors (Lipinski definition) is 2. The summed E-state index contributed by atoms with van der Waals surface area (Å²) in [7, 11) is 1.76. The summed E-state index contributed by atoms with van der Waals surface area (Å²) >= 11 is 8.96. The van der Waals surface area contributed by atoms with Gasteiger partial charge in [0.15, 0.2) is 5.11 Å².